The third-order valence-electron chi connectivity index (χ3n) is 7.22. The van der Waals surface area contributed by atoms with Crippen molar-refractivity contribution in [2.75, 3.05) is 59.5 Å². The molecule has 1 aliphatic carbocycles. The van der Waals surface area contributed by atoms with Crippen LogP contribution in [0.25, 0.3) is 0 Å². The molecule has 0 bridgehead atoms. The average Bonchev–Trinajstić information content (AvgIpc) is 2.55. The fraction of sp³-hybridized carbons (Fsp3) is 1.00. The van der Waals surface area contributed by atoms with Crippen molar-refractivity contribution in [2.24, 2.45) is 11.3 Å². The van der Waals surface area contributed by atoms with Crippen molar-refractivity contribution in [3.8, 4) is 0 Å². The van der Waals surface area contributed by atoms with Gasteiger partial charge in [0.25, 0.3) is 0 Å². The first-order valence-electron chi connectivity index (χ1n) is 10.4. The summed E-state index contributed by atoms with van der Waals surface area (Å²) >= 11 is 0. The van der Waals surface area contributed by atoms with Gasteiger partial charge in [-0.15, -0.1) is 0 Å². The average molecular weight is 336 g/mol. The zero-order valence-corrected chi connectivity index (χ0v) is 15.9. The summed E-state index contributed by atoms with van der Waals surface area (Å²) in [6.07, 6.45) is 9.06. The molecule has 4 aliphatic rings. The van der Waals surface area contributed by atoms with E-state index in [1.807, 2.05) is 0 Å². The lowest BCUT2D eigenvalue weighted by Gasteiger charge is -2.57. The van der Waals surface area contributed by atoms with E-state index in [2.05, 4.69) is 28.7 Å². The zero-order chi connectivity index (χ0) is 16.6. The molecule has 4 heteroatoms. The number of ether oxygens (including phenoxy) is 1. The second-order valence-corrected chi connectivity index (χ2v) is 9.32. The Morgan fingerprint density at radius 3 is 2.62 bits per heavy atom. The summed E-state index contributed by atoms with van der Waals surface area (Å²) in [5, 5.41) is 0. The molecule has 4 nitrogen and oxygen atoms in total. The van der Waals surface area contributed by atoms with Crippen LogP contribution in [0.3, 0.4) is 0 Å². The van der Waals surface area contributed by atoms with Gasteiger partial charge in [0.05, 0.1) is 12.7 Å². The fourth-order valence-corrected chi connectivity index (χ4v) is 5.78. The Morgan fingerprint density at radius 1 is 1.08 bits per heavy atom. The molecular formula is C20H37N3O. The van der Waals surface area contributed by atoms with Crippen LogP contribution >= 0.6 is 0 Å². The first-order chi connectivity index (χ1) is 11.6. The third-order valence-corrected chi connectivity index (χ3v) is 7.22. The van der Waals surface area contributed by atoms with Crippen molar-refractivity contribution in [1.82, 2.24) is 14.7 Å². The maximum absolute atomic E-state index is 5.72. The van der Waals surface area contributed by atoms with Crippen LogP contribution in [0.15, 0.2) is 0 Å². The Bertz CT molecular complexity index is 415. The van der Waals surface area contributed by atoms with E-state index in [9.17, 15) is 0 Å². The van der Waals surface area contributed by atoms with Gasteiger partial charge < -0.3 is 14.5 Å². The Kier molecular flexibility index (Phi) is 5.19. The largest absolute Gasteiger partial charge is 0.376 e. The van der Waals surface area contributed by atoms with E-state index in [1.165, 1.54) is 71.2 Å². The minimum absolute atomic E-state index is 0.433. The van der Waals surface area contributed by atoms with Gasteiger partial charge in [0.15, 0.2) is 0 Å². The maximum Gasteiger partial charge on any atom is 0.0674 e. The summed E-state index contributed by atoms with van der Waals surface area (Å²) in [5.41, 5.74) is 0.663. The van der Waals surface area contributed by atoms with Crippen LogP contribution in [-0.2, 0) is 4.74 Å². The lowest BCUT2D eigenvalue weighted by atomic mass is 9.61. The first kappa shape index (κ1) is 17.3. The number of rotatable bonds is 3. The smallest absolute Gasteiger partial charge is 0.0674 e. The fourth-order valence-electron chi connectivity index (χ4n) is 5.78. The Morgan fingerprint density at radius 2 is 1.88 bits per heavy atom. The molecule has 0 amide bonds. The van der Waals surface area contributed by atoms with Gasteiger partial charge in [-0.25, -0.2) is 0 Å². The van der Waals surface area contributed by atoms with Gasteiger partial charge in [-0.3, -0.25) is 4.90 Å². The van der Waals surface area contributed by atoms with Crippen molar-refractivity contribution >= 4 is 0 Å². The van der Waals surface area contributed by atoms with Gasteiger partial charge in [0.2, 0.25) is 0 Å². The van der Waals surface area contributed by atoms with Crippen LogP contribution in [0.1, 0.15) is 45.4 Å². The molecule has 1 saturated carbocycles. The molecule has 3 saturated heterocycles. The highest BCUT2D eigenvalue weighted by molar-refractivity contribution is 5.02. The van der Waals surface area contributed by atoms with Crippen molar-refractivity contribution in [2.45, 2.75) is 57.6 Å². The standard InChI is InChI=1S/C20H37N3O/c1-17-14-23(10-11-24-17)19-12-20(13-19)6-3-7-22(16-20)15-18-4-8-21(2)9-5-18/h17-19H,3-16H2,1-2H3/t17-,19?,20?/m1/s1. The highest BCUT2D eigenvalue weighted by atomic mass is 16.5. The second-order valence-electron chi connectivity index (χ2n) is 9.32. The predicted octanol–water partition coefficient (Wildman–Crippen LogP) is 2.29. The normalized spacial score (nSPS) is 40.8. The molecule has 0 unspecified atom stereocenters. The molecule has 4 fully saturated rings. The first-order valence-corrected chi connectivity index (χ1v) is 10.4. The van der Waals surface area contributed by atoms with Crippen LogP contribution in [-0.4, -0.2) is 86.3 Å². The summed E-state index contributed by atoms with van der Waals surface area (Å²) in [7, 11) is 2.27. The van der Waals surface area contributed by atoms with Crippen molar-refractivity contribution in [3.63, 3.8) is 0 Å². The molecule has 3 aliphatic heterocycles. The molecule has 1 atom stereocenters. The van der Waals surface area contributed by atoms with E-state index >= 15 is 0 Å². The molecular weight excluding hydrogens is 298 g/mol. The summed E-state index contributed by atoms with van der Waals surface area (Å²) in [4.78, 5) is 8.04. The number of nitrogens with zero attached hydrogens (tertiary/aromatic N) is 3. The van der Waals surface area contributed by atoms with E-state index in [0.717, 1.165) is 31.7 Å². The Balaban J connectivity index is 1.25. The number of morpholine rings is 1. The Hall–Kier alpha value is -0.160. The molecule has 24 heavy (non-hydrogen) atoms. The molecule has 0 N–H and O–H groups in total. The predicted molar refractivity (Wildman–Crippen MR) is 98.3 cm³/mol. The van der Waals surface area contributed by atoms with Crippen molar-refractivity contribution < 1.29 is 4.74 Å². The molecule has 1 spiro atoms. The Labute approximate surface area is 148 Å². The topological polar surface area (TPSA) is 19.0 Å². The molecule has 0 aromatic heterocycles. The van der Waals surface area contributed by atoms with Gasteiger partial charge in [-0.05, 0) is 83.5 Å². The van der Waals surface area contributed by atoms with Crippen molar-refractivity contribution in [3.05, 3.63) is 0 Å². The number of likely N-dealkylation sites (tertiary alicyclic amines) is 2. The second kappa shape index (κ2) is 7.22. The summed E-state index contributed by atoms with van der Waals surface area (Å²) in [6.45, 7) is 12.2. The molecule has 0 aromatic rings. The molecule has 0 aromatic carbocycles. The van der Waals surface area contributed by atoms with Crippen LogP contribution in [0, 0.1) is 11.3 Å². The molecule has 0 radical (unpaired) electrons. The molecule has 138 valence electrons. The van der Waals surface area contributed by atoms with Gasteiger partial charge >= 0.3 is 0 Å². The monoisotopic (exact) mass is 335 g/mol. The van der Waals surface area contributed by atoms with Crippen molar-refractivity contribution in [1.29, 1.82) is 0 Å². The third kappa shape index (κ3) is 3.82. The SMILES string of the molecule is C[C@@H]1CN(C2CC3(CCCN(CC4CCN(C)CC4)C3)C2)CCO1. The van der Waals surface area contributed by atoms with Crippen LogP contribution in [0.4, 0.5) is 0 Å². The van der Waals surface area contributed by atoms with Gasteiger partial charge in [0, 0.05) is 32.2 Å². The number of hydrogen-bond donors (Lipinski definition) is 0. The van der Waals surface area contributed by atoms with E-state index < -0.39 is 0 Å². The van der Waals surface area contributed by atoms with Crippen LogP contribution in [0.2, 0.25) is 0 Å². The van der Waals surface area contributed by atoms with Crippen LogP contribution in [0.5, 0.6) is 0 Å². The van der Waals surface area contributed by atoms with Gasteiger partial charge in [0.1, 0.15) is 0 Å². The number of hydrogen-bond acceptors (Lipinski definition) is 4. The highest BCUT2D eigenvalue weighted by Gasteiger charge is 2.48. The molecule has 4 rings (SSSR count). The molecule has 3 heterocycles. The zero-order valence-electron chi connectivity index (χ0n) is 15.9. The minimum Gasteiger partial charge on any atom is -0.376 e. The summed E-state index contributed by atoms with van der Waals surface area (Å²) in [6, 6.07) is 0.847. The van der Waals surface area contributed by atoms with Gasteiger partial charge in [-0.2, -0.15) is 0 Å². The van der Waals surface area contributed by atoms with Gasteiger partial charge in [-0.1, -0.05) is 0 Å². The van der Waals surface area contributed by atoms with E-state index in [0.29, 0.717) is 11.5 Å². The lowest BCUT2D eigenvalue weighted by Crippen LogP contribution is -2.60. The highest BCUT2D eigenvalue weighted by Crippen LogP contribution is 2.50. The maximum atomic E-state index is 5.72. The summed E-state index contributed by atoms with van der Waals surface area (Å²) in [5.74, 6) is 0.951. The van der Waals surface area contributed by atoms with E-state index in [4.69, 9.17) is 4.74 Å². The minimum atomic E-state index is 0.433. The quantitative estimate of drug-likeness (QED) is 0.788. The van der Waals surface area contributed by atoms with E-state index in [1.54, 1.807) is 0 Å². The van der Waals surface area contributed by atoms with Crippen LogP contribution < -0.4 is 0 Å². The van der Waals surface area contributed by atoms with E-state index in [-0.39, 0.29) is 0 Å². The lowest BCUT2D eigenvalue weighted by molar-refractivity contribution is -0.0979. The number of piperidine rings is 2. The summed E-state index contributed by atoms with van der Waals surface area (Å²) < 4.78 is 5.72.